The van der Waals surface area contributed by atoms with Gasteiger partial charge < -0.3 is 9.80 Å². The maximum Gasteiger partial charge on any atom is 0.252 e. The first kappa shape index (κ1) is 26.0. The maximum absolute atomic E-state index is 2.67. The molecule has 2 aliphatic heterocycles. The zero-order valence-corrected chi connectivity index (χ0v) is 26.3. The molecule has 11 rings (SSSR count). The van der Waals surface area contributed by atoms with Gasteiger partial charge in [-0.15, -0.1) is 0 Å². The summed E-state index contributed by atoms with van der Waals surface area (Å²) in [6, 6.07) is 41.8. The zero-order chi connectivity index (χ0) is 29.9. The lowest BCUT2D eigenvalue weighted by molar-refractivity contribution is -0.00514. The van der Waals surface area contributed by atoms with Crippen LogP contribution in [0.15, 0.2) is 109 Å². The van der Waals surface area contributed by atoms with Crippen LogP contribution in [0, 0.1) is 31.6 Å². The molecule has 0 N–H and O–H groups in total. The smallest absolute Gasteiger partial charge is 0.252 e. The van der Waals surface area contributed by atoms with Gasteiger partial charge in [-0.3, -0.25) is 0 Å². The van der Waals surface area contributed by atoms with Crippen LogP contribution in [-0.4, -0.2) is 6.71 Å². The Morgan fingerprint density at radius 2 is 1.16 bits per heavy atom. The molecular formula is C42H39BN2. The number of benzene rings is 5. The summed E-state index contributed by atoms with van der Waals surface area (Å²) in [5, 5.41) is 0. The van der Waals surface area contributed by atoms with E-state index >= 15 is 0 Å². The second-order valence-corrected chi connectivity index (χ2v) is 15.0. The predicted molar refractivity (Wildman–Crippen MR) is 190 cm³/mol. The van der Waals surface area contributed by atoms with Gasteiger partial charge in [-0.1, -0.05) is 72.3 Å². The van der Waals surface area contributed by atoms with Crippen LogP contribution in [0.3, 0.4) is 0 Å². The van der Waals surface area contributed by atoms with E-state index in [1.54, 1.807) is 5.56 Å². The molecule has 45 heavy (non-hydrogen) atoms. The summed E-state index contributed by atoms with van der Waals surface area (Å²) in [5.41, 5.74) is 16.7. The van der Waals surface area contributed by atoms with Crippen molar-refractivity contribution in [3.05, 3.63) is 126 Å². The Morgan fingerprint density at radius 1 is 0.556 bits per heavy atom. The van der Waals surface area contributed by atoms with Gasteiger partial charge >= 0.3 is 0 Å². The summed E-state index contributed by atoms with van der Waals surface area (Å²) in [4.78, 5) is 5.21. The van der Waals surface area contributed by atoms with E-state index in [1.807, 2.05) is 0 Å². The Hall–Kier alpha value is -4.24. The fourth-order valence-corrected chi connectivity index (χ4v) is 10.8. The molecule has 4 aliphatic carbocycles. The maximum atomic E-state index is 2.67. The number of nitrogens with zero attached hydrogens (tertiary/aromatic N) is 2. The van der Waals surface area contributed by atoms with E-state index in [4.69, 9.17) is 0 Å². The second-order valence-electron chi connectivity index (χ2n) is 15.0. The van der Waals surface area contributed by atoms with E-state index in [0.717, 1.165) is 17.8 Å². The predicted octanol–water partition coefficient (Wildman–Crippen LogP) is 8.85. The van der Waals surface area contributed by atoms with Crippen molar-refractivity contribution in [3.63, 3.8) is 0 Å². The number of hydrogen-bond acceptors (Lipinski definition) is 2. The fraction of sp³-hybridized carbons (Fsp3) is 0.286. The minimum Gasteiger partial charge on any atom is -0.311 e. The molecule has 0 saturated heterocycles. The van der Waals surface area contributed by atoms with E-state index in [0.29, 0.717) is 5.41 Å². The van der Waals surface area contributed by atoms with Crippen molar-refractivity contribution >= 4 is 57.2 Å². The number of anilines is 6. The lowest BCUT2D eigenvalue weighted by atomic mass is 9.33. The molecule has 0 radical (unpaired) electrons. The van der Waals surface area contributed by atoms with Crippen LogP contribution in [0.5, 0.6) is 0 Å². The molecule has 0 amide bonds. The van der Waals surface area contributed by atoms with Crippen molar-refractivity contribution < 1.29 is 0 Å². The van der Waals surface area contributed by atoms with E-state index < -0.39 is 0 Å². The lowest BCUT2D eigenvalue weighted by Crippen LogP contribution is -2.61. The summed E-state index contributed by atoms with van der Waals surface area (Å²) in [6.07, 6.45) is 8.48. The molecule has 0 spiro atoms. The standard InChI is InChI=1S/C42H39BN2/c1-27-16-17-38-35(18-27)43-34-13-7-9-15-37(34)44(33-11-4-3-5-12-33)39-22-32(42-24-29-19-30(25-42)21-31(20-29)26-42)23-40(41(39)43)45(38)36-14-8-6-10-28(36)2/h3-18,22-23,29-31H,19-21,24-26H2,1-2H3. The Bertz CT molecular complexity index is 1960. The van der Waals surface area contributed by atoms with Gasteiger partial charge in [-0.05, 0) is 146 Å². The number of fused-ring (bicyclic) bond motifs is 4. The van der Waals surface area contributed by atoms with Crippen molar-refractivity contribution in [3.8, 4) is 0 Å². The van der Waals surface area contributed by atoms with Gasteiger partial charge in [0.05, 0.1) is 0 Å². The average molecular weight is 583 g/mol. The quantitative estimate of drug-likeness (QED) is 0.192. The molecule has 3 heteroatoms. The van der Waals surface area contributed by atoms with Gasteiger partial charge in [0.15, 0.2) is 0 Å². The highest BCUT2D eigenvalue weighted by Gasteiger charge is 2.53. The molecular weight excluding hydrogens is 543 g/mol. The molecule has 5 aromatic carbocycles. The summed E-state index contributed by atoms with van der Waals surface area (Å²) < 4.78 is 0. The number of hydrogen-bond donors (Lipinski definition) is 0. The Balaban J connectivity index is 1.32. The molecule has 0 unspecified atom stereocenters. The van der Waals surface area contributed by atoms with Gasteiger partial charge in [0.1, 0.15) is 0 Å². The summed E-state index contributed by atoms with van der Waals surface area (Å²) >= 11 is 0. The minimum absolute atomic E-state index is 0.187. The van der Waals surface area contributed by atoms with Crippen LogP contribution < -0.4 is 26.2 Å². The van der Waals surface area contributed by atoms with E-state index in [1.165, 1.54) is 100 Å². The lowest BCUT2D eigenvalue weighted by Gasteiger charge is -2.57. The number of aryl methyl sites for hydroxylation is 2. The minimum atomic E-state index is 0.187. The molecule has 6 aliphatic rings. The first-order valence-corrected chi connectivity index (χ1v) is 17.2. The summed E-state index contributed by atoms with van der Waals surface area (Å²) in [6.45, 7) is 4.71. The van der Waals surface area contributed by atoms with Crippen molar-refractivity contribution in [1.82, 2.24) is 0 Å². The van der Waals surface area contributed by atoms with Crippen molar-refractivity contribution in [2.24, 2.45) is 17.8 Å². The fourth-order valence-electron chi connectivity index (χ4n) is 10.8. The van der Waals surface area contributed by atoms with Crippen LogP contribution in [0.4, 0.5) is 34.1 Å². The third-order valence-corrected chi connectivity index (χ3v) is 12.2. The van der Waals surface area contributed by atoms with E-state index in [9.17, 15) is 0 Å². The van der Waals surface area contributed by atoms with Crippen LogP contribution >= 0.6 is 0 Å². The normalized spacial score (nSPS) is 25.2. The average Bonchev–Trinajstić information content (AvgIpc) is 3.05. The summed E-state index contributed by atoms with van der Waals surface area (Å²) in [5.74, 6) is 2.70. The molecule has 4 saturated carbocycles. The van der Waals surface area contributed by atoms with Gasteiger partial charge in [-0.2, -0.15) is 0 Å². The monoisotopic (exact) mass is 582 g/mol. The Morgan fingerprint density at radius 3 is 1.87 bits per heavy atom. The molecule has 5 aromatic rings. The topological polar surface area (TPSA) is 6.48 Å². The van der Waals surface area contributed by atoms with Crippen molar-refractivity contribution in [1.29, 1.82) is 0 Å². The largest absolute Gasteiger partial charge is 0.311 e. The number of rotatable bonds is 3. The number of para-hydroxylation sites is 3. The highest BCUT2D eigenvalue weighted by atomic mass is 15.2. The highest BCUT2D eigenvalue weighted by Crippen LogP contribution is 2.61. The molecule has 0 atom stereocenters. The molecule has 4 fully saturated rings. The van der Waals surface area contributed by atoms with Crippen molar-refractivity contribution in [2.45, 2.75) is 57.8 Å². The molecule has 4 bridgehead atoms. The Labute approximate surface area is 267 Å². The van der Waals surface area contributed by atoms with E-state index in [-0.39, 0.29) is 6.71 Å². The van der Waals surface area contributed by atoms with Crippen LogP contribution in [0.2, 0.25) is 0 Å². The third-order valence-electron chi connectivity index (χ3n) is 12.2. The highest BCUT2D eigenvalue weighted by molar-refractivity contribution is 7.00. The van der Waals surface area contributed by atoms with Crippen LogP contribution in [0.1, 0.15) is 55.2 Å². The van der Waals surface area contributed by atoms with Crippen LogP contribution in [0.25, 0.3) is 0 Å². The Kier molecular flexibility index (Phi) is 5.43. The SMILES string of the molecule is Cc1ccc2c(c1)B1c3ccccc3N(c3ccccc3)c3cc(C45CC6CC(CC(C6)C4)C5)cc(c31)N2c1ccccc1C. The summed E-state index contributed by atoms with van der Waals surface area (Å²) in [7, 11) is 0. The van der Waals surface area contributed by atoms with E-state index in [2.05, 4.69) is 133 Å². The third kappa shape index (κ3) is 3.70. The van der Waals surface area contributed by atoms with Gasteiger partial charge in [0, 0.05) is 34.1 Å². The van der Waals surface area contributed by atoms with Gasteiger partial charge in [-0.25, -0.2) is 0 Å². The van der Waals surface area contributed by atoms with Crippen molar-refractivity contribution in [2.75, 3.05) is 9.80 Å². The zero-order valence-electron chi connectivity index (χ0n) is 26.3. The molecule has 0 aromatic heterocycles. The second kappa shape index (κ2) is 9.39. The van der Waals surface area contributed by atoms with Gasteiger partial charge in [0.25, 0.3) is 6.71 Å². The van der Waals surface area contributed by atoms with Gasteiger partial charge in [0.2, 0.25) is 0 Å². The first-order chi connectivity index (χ1) is 22.1. The van der Waals surface area contributed by atoms with Crippen LogP contribution in [-0.2, 0) is 5.41 Å². The molecule has 2 nitrogen and oxygen atoms in total. The first-order valence-electron chi connectivity index (χ1n) is 17.2. The molecule has 220 valence electrons. The molecule has 2 heterocycles.